The highest BCUT2D eigenvalue weighted by Gasteiger charge is 2.75. The second kappa shape index (κ2) is 9.61. The number of amidine groups is 1. The van der Waals surface area contributed by atoms with Crippen molar-refractivity contribution in [3.8, 4) is 0 Å². The normalized spacial score (nSPS) is 29.6. The van der Waals surface area contributed by atoms with Gasteiger partial charge in [0.15, 0.2) is 5.78 Å². The predicted molar refractivity (Wildman–Crippen MR) is 150 cm³/mol. The van der Waals surface area contributed by atoms with Gasteiger partial charge in [-0.15, -0.1) is 0 Å². The topological polar surface area (TPSA) is 78.8 Å². The number of alkyl halides is 3. The number of rotatable bonds is 10. The van der Waals surface area contributed by atoms with E-state index in [1.807, 2.05) is 6.92 Å². The second-order valence-electron chi connectivity index (χ2n) is 13.4. The lowest BCUT2D eigenvalue weighted by atomic mass is 9.38. The van der Waals surface area contributed by atoms with Gasteiger partial charge in [0, 0.05) is 23.9 Å². The molecule has 4 aliphatic carbocycles. The largest absolute Gasteiger partial charge is 0.416 e. The van der Waals surface area contributed by atoms with Crippen LogP contribution < -0.4 is 5.32 Å². The van der Waals surface area contributed by atoms with Gasteiger partial charge in [-0.25, -0.2) is 12.8 Å². The number of benzene rings is 2. The Labute approximate surface area is 243 Å². The molecule has 6 nitrogen and oxygen atoms in total. The average molecular weight is 606 g/mol. The zero-order valence-electron chi connectivity index (χ0n) is 23.7. The maximum Gasteiger partial charge on any atom is 0.416 e. The summed E-state index contributed by atoms with van der Waals surface area (Å²) in [5, 5.41) is 3.41. The lowest BCUT2D eigenvalue weighted by Gasteiger charge is -2.73. The van der Waals surface area contributed by atoms with Crippen LogP contribution in [0.5, 0.6) is 0 Å². The number of nitrogens with zero attached hydrogens (tertiary/aromatic N) is 2. The Morgan fingerprint density at radius 1 is 1.00 bits per heavy atom. The smallest absolute Gasteiger partial charge is 0.360 e. The Hall–Kier alpha value is -2.79. The maximum absolute atomic E-state index is 13.9. The van der Waals surface area contributed by atoms with Crippen molar-refractivity contribution in [2.75, 3.05) is 6.54 Å². The number of ketones is 1. The van der Waals surface area contributed by atoms with Crippen LogP contribution in [0.1, 0.15) is 76.3 Å². The first-order chi connectivity index (χ1) is 19.6. The van der Waals surface area contributed by atoms with Crippen LogP contribution in [0.25, 0.3) is 0 Å². The van der Waals surface area contributed by atoms with Crippen LogP contribution in [-0.2, 0) is 27.5 Å². The third kappa shape index (κ3) is 4.86. The van der Waals surface area contributed by atoms with Gasteiger partial charge in [-0.2, -0.15) is 17.5 Å². The molecule has 5 aliphatic rings. The SMILES string of the molecule is CC1(CCC(=O)[C@@]2(C)CN=C(C34CC(N(Cc5ccc(C(F)(F)F)cc5)S(=O)(=O)c5ccc(F)cc5)(C3)C4)N2)CCC1. The predicted octanol–water partition coefficient (Wildman–Crippen LogP) is 6.26. The van der Waals surface area contributed by atoms with Crippen LogP contribution in [0.2, 0.25) is 0 Å². The molecule has 1 heterocycles. The quantitative estimate of drug-likeness (QED) is 0.325. The fraction of sp³-hybridized carbons (Fsp3) is 0.548. The lowest BCUT2D eigenvalue weighted by Crippen LogP contribution is -2.78. The summed E-state index contributed by atoms with van der Waals surface area (Å²) in [5.41, 5.74) is -2.04. The molecule has 1 N–H and O–H groups in total. The summed E-state index contributed by atoms with van der Waals surface area (Å²) in [6.45, 7) is 4.33. The molecule has 0 radical (unpaired) electrons. The van der Waals surface area contributed by atoms with Gasteiger partial charge >= 0.3 is 6.18 Å². The number of Topliss-reactive ketones (excluding diaryl/α,β-unsaturated/α-hetero) is 1. The van der Waals surface area contributed by atoms with E-state index in [0.29, 0.717) is 37.8 Å². The van der Waals surface area contributed by atoms with Crippen molar-refractivity contribution in [2.24, 2.45) is 15.8 Å². The molecule has 0 unspecified atom stereocenters. The zero-order chi connectivity index (χ0) is 30.2. The number of carbonyl (C=O) groups excluding carboxylic acids is 1. The van der Waals surface area contributed by atoms with Crippen molar-refractivity contribution in [3.05, 3.63) is 65.5 Å². The average Bonchev–Trinajstić information content (AvgIpc) is 3.27. The summed E-state index contributed by atoms with van der Waals surface area (Å²) < 4.78 is 82.1. The minimum absolute atomic E-state index is 0.0794. The van der Waals surface area contributed by atoms with Crippen LogP contribution >= 0.6 is 0 Å². The third-order valence-corrected chi connectivity index (χ3v) is 12.1. The van der Waals surface area contributed by atoms with Crippen LogP contribution in [0, 0.1) is 16.6 Å². The van der Waals surface area contributed by atoms with E-state index in [2.05, 4.69) is 12.2 Å². The summed E-state index contributed by atoms with van der Waals surface area (Å²) in [6, 6.07) is 9.04. The number of aliphatic imine (C=N–C) groups is 1. The Kier molecular flexibility index (Phi) is 6.70. The maximum atomic E-state index is 13.9. The highest BCUT2D eigenvalue weighted by molar-refractivity contribution is 7.89. The van der Waals surface area contributed by atoms with Gasteiger partial charge in [0.25, 0.3) is 0 Å². The lowest BCUT2D eigenvalue weighted by molar-refractivity contribution is -0.151. The molecular weight excluding hydrogens is 570 g/mol. The van der Waals surface area contributed by atoms with Crippen LogP contribution in [0.4, 0.5) is 17.6 Å². The van der Waals surface area contributed by atoms with Crippen molar-refractivity contribution < 1.29 is 30.8 Å². The molecular formula is C31H35F4N3O3S. The molecule has 4 fully saturated rings. The monoisotopic (exact) mass is 605 g/mol. The second-order valence-corrected chi connectivity index (χ2v) is 15.3. The van der Waals surface area contributed by atoms with Gasteiger partial charge in [0.05, 0.1) is 17.0 Å². The van der Waals surface area contributed by atoms with E-state index in [0.717, 1.165) is 49.4 Å². The van der Waals surface area contributed by atoms with Crippen LogP contribution in [0.3, 0.4) is 0 Å². The van der Waals surface area contributed by atoms with Gasteiger partial charge in [0.2, 0.25) is 10.0 Å². The van der Waals surface area contributed by atoms with E-state index in [9.17, 15) is 30.8 Å². The summed E-state index contributed by atoms with van der Waals surface area (Å²) in [4.78, 5) is 17.8. The fourth-order valence-electron chi connectivity index (χ4n) is 7.21. The van der Waals surface area contributed by atoms with E-state index >= 15 is 0 Å². The fourth-order valence-corrected chi connectivity index (χ4v) is 8.97. The van der Waals surface area contributed by atoms with E-state index in [-0.39, 0.29) is 28.1 Å². The zero-order valence-corrected chi connectivity index (χ0v) is 24.5. The molecule has 2 aromatic rings. The van der Waals surface area contributed by atoms with Gasteiger partial charge in [-0.05, 0) is 92.8 Å². The summed E-state index contributed by atoms with van der Waals surface area (Å²) in [6.07, 6.45) is 1.83. The minimum Gasteiger partial charge on any atom is -0.360 e. The molecule has 0 aromatic heterocycles. The van der Waals surface area contributed by atoms with E-state index in [1.165, 1.54) is 35.0 Å². The van der Waals surface area contributed by atoms with Gasteiger partial charge in [-0.1, -0.05) is 25.5 Å². The first-order valence-electron chi connectivity index (χ1n) is 14.4. The molecule has 1 atom stereocenters. The number of hydrogen-bond acceptors (Lipinski definition) is 5. The van der Waals surface area contributed by atoms with Crippen molar-refractivity contribution >= 4 is 21.6 Å². The Morgan fingerprint density at radius 3 is 2.17 bits per heavy atom. The van der Waals surface area contributed by atoms with Gasteiger partial charge in [0.1, 0.15) is 17.2 Å². The highest BCUT2D eigenvalue weighted by Crippen LogP contribution is 2.71. The number of nitrogens with one attached hydrogen (secondary N) is 1. The Bertz CT molecular complexity index is 1510. The van der Waals surface area contributed by atoms with E-state index in [4.69, 9.17) is 4.99 Å². The Balaban J connectivity index is 1.19. The number of sulfonamides is 1. The molecule has 2 aromatic carbocycles. The molecule has 0 saturated heterocycles. The highest BCUT2D eigenvalue weighted by atomic mass is 32.2. The molecule has 0 spiro atoms. The van der Waals surface area contributed by atoms with Crippen molar-refractivity contribution in [2.45, 2.75) is 93.9 Å². The molecule has 226 valence electrons. The molecule has 11 heteroatoms. The van der Waals surface area contributed by atoms with E-state index in [1.54, 1.807) is 0 Å². The van der Waals surface area contributed by atoms with E-state index < -0.39 is 38.7 Å². The molecule has 2 bridgehead atoms. The molecule has 0 amide bonds. The standard InChI is InChI=1S/C31H35F4N3O3S/c1-27(13-3-14-27)15-12-25(39)28(2)20-36-26(37-28)29-17-30(18-29,19-29)38(42(40,41)24-10-8-23(32)9-11-24)16-21-4-6-22(7-5-21)31(33,34)35/h4-11H,3,12-20H2,1-2H3,(H,36,37)/t28-,29?,30?/m1/s1. The Morgan fingerprint density at radius 2 is 1.62 bits per heavy atom. The summed E-state index contributed by atoms with van der Waals surface area (Å²) >= 11 is 0. The molecule has 1 aliphatic heterocycles. The molecule has 4 saturated carbocycles. The first-order valence-corrected chi connectivity index (χ1v) is 15.8. The van der Waals surface area contributed by atoms with Crippen molar-refractivity contribution in [1.29, 1.82) is 0 Å². The third-order valence-electron chi connectivity index (χ3n) is 10.1. The first kappa shape index (κ1) is 29.3. The number of hydrogen-bond donors (Lipinski definition) is 1. The molecule has 42 heavy (non-hydrogen) atoms. The van der Waals surface area contributed by atoms with Crippen LogP contribution in [-0.4, -0.2) is 42.0 Å². The number of halogens is 4. The molecule has 7 rings (SSSR count). The van der Waals surface area contributed by atoms with Crippen molar-refractivity contribution in [3.63, 3.8) is 0 Å². The van der Waals surface area contributed by atoms with Crippen LogP contribution in [0.15, 0.2) is 58.4 Å². The summed E-state index contributed by atoms with van der Waals surface area (Å²) in [7, 11) is -4.11. The van der Waals surface area contributed by atoms with Gasteiger partial charge in [-0.3, -0.25) is 9.79 Å². The van der Waals surface area contributed by atoms with Gasteiger partial charge < -0.3 is 5.32 Å². The van der Waals surface area contributed by atoms with Crippen molar-refractivity contribution in [1.82, 2.24) is 9.62 Å². The summed E-state index contributed by atoms with van der Waals surface area (Å²) in [5.74, 6) is 0.305. The number of carbonyl (C=O) groups is 1. The minimum atomic E-state index is -4.50.